The molecule has 3 aromatic rings. The SMILES string of the molecule is COc1ncc(-c2ccc3ncnc(N4CCC(OC)CC4)c3c2)cc1NS(=O)(=O)C1CC1. The second kappa shape index (κ2) is 8.75. The monoisotopic (exact) mass is 469 g/mol. The highest BCUT2D eigenvalue weighted by Gasteiger charge is 2.36. The van der Waals surface area contributed by atoms with Gasteiger partial charge in [-0.15, -0.1) is 0 Å². The number of hydrogen-bond acceptors (Lipinski definition) is 8. The average molecular weight is 470 g/mol. The van der Waals surface area contributed by atoms with E-state index in [4.69, 9.17) is 9.47 Å². The summed E-state index contributed by atoms with van der Waals surface area (Å²) in [6.07, 6.45) is 6.83. The normalized spacial score (nSPS) is 17.3. The number of fused-ring (bicyclic) bond motifs is 1. The zero-order valence-corrected chi connectivity index (χ0v) is 19.5. The summed E-state index contributed by atoms with van der Waals surface area (Å²) in [6.45, 7) is 1.73. The molecule has 1 aliphatic carbocycles. The number of pyridine rings is 1. The zero-order chi connectivity index (χ0) is 23.0. The molecule has 0 amide bonds. The van der Waals surface area contributed by atoms with E-state index < -0.39 is 10.0 Å². The fourth-order valence-corrected chi connectivity index (χ4v) is 5.61. The number of benzene rings is 1. The fourth-order valence-electron chi connectivity index (χ4n) is 4.24. The van der Waals surface area contributed by atoms with Crippen molar-refractivity contribution in [3.05, 3.63) is 36.8 Å². The van der Waals surface area contributed by atoms with Gasteiger partial charge in [-0.25, -0.2) is 23.4 Å². The summed E-state index contributed by atoms with van der Waals surface area (Å²) >= 11 is 0. The molecular formula is C23H27N5O4S. The zero-order valence-electron chi connectivity index (χ0n) is 18.7. The van der Waals surface area contributed by atoms with Crippen molar-refractivity contribution in [2.75, 3.05) is 36.9 Å². The van der Waals surface area contributed by atoms with Crippen LogP contribution in [0.5, 0.6) is 5.88 Å². The van der Waals surface area contributed by atoms with Crippen molar-refractivity contribution in [2.24, 2.45) is 0 Å². The van der Waals surface area contributed by atoms with Crippen LogP contribution in [0.3, 0.4) is 0 Å². The highest BCUT2D eigenvalue weighted by molar-refractivity contribution is 7.93. The van der Waals surface area contributed by atoms with Crippen LogP contribution in [0.15, 0.2) is 36.8 Å². The number of sulfonamides is 1. The van der Waals surface area contributed by atoms with Gasteiger partial charge in [0.05, 0.1) is 24.0 Å². The van der Waals surface area contributed by atoms with E-state index in [1.165, 1.54) is 7.11 Å². The molecule has 5 rings (SSSR count). The molecule has 1 N–H and O–H groups in total. The van der Waals surface area contributed by atoms with Gasteiger partial charge in [0.2, 0.25) is 15.9 Å². The maximum absolute atomic E-state index is 12.5. The third-order valence-corrected chi connectivity index (χ3v) is 8.14. The van der Waals surface area contributed by atoms with Crippen molar-refractivity contribution in [1.82, 2.24) is 15.0 Å². The Bertz CT molecular complexity index is 1270. The summed E-state index contributed by atoms with van der Waals surface area (Å²) < 4.78 is 38.4. The smallest absolute Gasteiger partial charge is 0.238 e. The van der Waals surface area contributed by atoms with Crippen LogP contribution >= 0.6 is 0 Å². The van der Waals surface area contributed by atoms with E-state index in [1.807, 2.05) is 18.2 Å². The Morgan fingerprint density at radius 3 is 2.48 bits per heavy atom. The lowest BCUT2D eigenvalue weighted by atomic mass is 10.0. The first kappa shape index (κ1) is 21.8. The minimum Gasteiger partial charge on any atom is -0.480 e. The van der Waals surface area contributed by atoms with Gasteiger partial charge in [0.25, 0.3) is 0 Å². The molecule has 0 unspecified atom stereocenters. The summed E-state index contributed by atoms with van der Waals surface area (Å²) in [6, 6.07) is 7.71. The summed E-state index contributed by atoms with van der Waals surface area (Å²) in [5.41, 5.74) is 2.87. The number of aromatic nitrogens is 3. The molecule has 33 heavy (non-hydrogen) atoms. The van der Waals surface area contributed by atoms with Gasteiger partial charge in [-0.3, -0.25) is 4.72 Å². The molecule has 2 aliphatic rings. The van der Waals surface area contributed by atoms with Crippen LogP contribution in [0, 0.1) is 0 Å². The van der Waals surface area contributed by atoms with Crippen molar-refractivity contribution in [3.63, 3.8) is 0 Å². The van der Waals surface area contributed by atoms with Crippen LogP contribution in [0.1, 0.15) is 25.7 Å². The predicted octanol–water partition coefficient (Wildman–Crippen LogP) is 3.22. The second-order valence-electron chi connectivity index (χ2n) is 8.48. The number of hydrogen-bond donors (Lipinski definition) is 1. The van der Waals surface area contributed by atoms with Crippen molar-refractivity contribution < 1.29 is 17.9 Å². The Kier molecular flexibility index (Phi) is 5.79. The number of rotatable bonds is 7. The van der Waals surface area contributed by atoms with Crippen molar-refractivity contribution in [3.8, 4) is 17.0 Å². The van der Waals surface area contributed by atoms with Crippen LogP contribution in [0.25, 0.3) is 22.0 Å². The number of piperidine rings is 1. The molecule has 0 atom stereocenters. The van der Waals surface area contributed by atoms with Crippen LogP contribution in [0.2, 0.25) is 0 Å². The Hall–Kier alpha value is -2.98. The van der Waals surface area contributed by atoms with Gasteiger partial charge in [-0.1, -0.05) is 6.07 Å². The van der Waals surface area contributed by atoms with Crippen LogP contribution < -0.4 is 14.4 Å². The summed E-state index contributed by atoms with van der Waals surface area (Å²) in [7, 11) is -0.207. The second-order valence-corrected chi connectivity index (χ2v) is 10.4. The van der Waals surface area contributed by atoms with Gasteiger partial charge in [0.15, 0.2) is 0 Å². The quantitative estimate of drug-likeness (QED) is 0.562. The molecule has 174 valence electrons. The van der Waals surface area contributed by atoms with E-state index in [1.54, 1.807) is 25.7 Å². The molecule has 1 saturated heterocycles. The molecular weight excluding hydrogens is 442 g/mol. The molecule has 10 heteroatoms. The Balaban J connectivity index is 1.50. The largest absolute Gasteiger partial charge is 0.480 e. The first-order valence-electron chi connectivity index (χ1n) is 11.1. The van der Waals surface area contributed by atoms with Crippen molar-refractivity contribution in [1.29, 1.82) is 0 Å². The van der Waals surface area contributed by atoms with E-state index in [0.717, 1.165) is 53.8 Å². The molecule has 0 spiro atoms. The third-order valence-electron chi connectivity index (χ3n) is 6.28. The van der Waals surface area contributed by atoms with Gasteiger partial charge in [0, 0.05) is 37.3 Å². The summed E-state index contributed by atoms with van der Waals surface area (Å²) in [5.74, 6) is 1.14. The topological polar surface area (TPSA) is 107 Å². The van der Waals surface area contributed by atoms with E-state index in [-0.39, 0.29) is 17.2 Å². The number of nitrogens with one attached hydrogen (secondary N) is 1. The minimum absolute atomic E-state index is 0.244. The number of methoxy groups -OCH3 is 2. The summed E-state index contributed by atoms with van der Waals surface area (Å²) in [5, 5.41) is 0.607. The number of ether oxygens (including phenoxy) is 2. The molecule has 2 fully saturated rings. The van der Waals surface area contributed by atoms with E-state index in [2.05, 4.69) is 24.6 Å². The molecule has 1 saturated carbocycles. The molecule has 1 aromatic carbocycles. The highest BCUT2D eigenvalue weighted by atomic mass is 32.2. The molecule has 0 radical (unpaired) electrons. The van der Waals surface area contributed by atoms with Crippen molar-refractivity contribution >= 4 is 32.4 Å². The van der Waals surface area contributed by atoms with Gasteiger partial charge >= 0.3 is 0 Å². The lowest BCUT2D eigenvalue weighted by Gasteiger charge is -2.32. The number of nitrogens with zero attached hydrogens (tertiary/aromatic N) is 4. The van der Waals surface area contributed by atoms with Gasteiger partial charge in [0.1, 0.15) is 17.8 Å². The highest BCUT2D eigenvalue weighted by Crippen LogP contribution is 2.35. The molecule has 1 aliphatic heterocycles. The van der Waals surface area contributed by atoms with Gasteiger partial charge < -0.3 is 14.4 Å². The van der Waals surface area contributed by atoms with Gasteiger partial charge in [-0.05, 0) is 49.4 Å². The average Bonchev–Trinajstić information content (AvgIpc) is 3.70. The van der Waals surface area contributed by atoms with Gasteiger partial charge in [-0.2, -0.15) is 0 Å². The molecule has 9 nitrogen and oxygen atoms in total. The molecule has 0 bridgehead atoms. The Morgan fingerprint density at radius 1 is 1.00 bits per heavy atom. The van der Waals surface area contributed by atoms with E-state index in [0.29, 0.717) is 18.5 Å². The third kappa shape index (κ3) is 4.45. The lowest BCUT2D eigenvalue weighted by Crippen LogP contribution is -2.37. The standard InChI is InChI=1S/C23H27N5O4S/c1-31-17-7-9-28(10-8-17)22-19-11-15(3-6-20(19)25-14-26-22)16-12-21(23(32-2)24-13-16)27-33(29,30)18-4-5-18/h3,6,11-14,17-18,27H,4-5,7-10H2,1-2H3. The predicted molar refractivity (Wildman–Crippen MR) is 127 cm³/mol. The van der Waals surface area contributed by atoms with Crippen molar-refractivity contribution in [2.45, 2.75) is 37.0 Å². The molecule has 2 aromatic heterocycles. The van der Waals surface area contributed by atoms with Crippen LogP contribution in [-0.2, 0) is 14.8 Å². The maximum Gasteiger partial charge on any atom is 0.238 e. The first-order valence-corrected chi connectivity index (χ1v) is 12.6. The minimum atomic E-state index is -3.44. The lowest BCUT2D eigenvalue weighted by molar-refractivity contribution is 0.0818. The fraction of sp³-hybridized carbons (Fsp3) is 0.435. The summed E-state index contributed by atoms with van der Waals surface area (Å²) in [4.78, 5) is 15.6. The van der Waals surface area contributed by atoms with E-state index in [9.17, 15) is 8.42 Å². The molecule has 3 heterocycles. The first-order chi connectivity index (χ1) is 16.0. The van der Waals surface area contributed by atoms with E-state index >= 15 is 0 Å². The van der Waals surface area contributed by atoms with Crippen LogP contribution in [-0.4, -0.2) is 62.0 Å². The Morgan fingerprint density at radius 2 is 1.79 bits per heavy atom. The number of anilines is 2. The maximum atomic E-state index is 12.5. The van der Waals surface area contributed by atoms with Crippen LogP contribution in [0.4, 0.5) is 11.5 Å². The Labute approximate surface area is 193 Å².